The van der Waals surface area contributed by atoms with Crippen molar-refractivity contribution in [2.45, 2.75) is 38.1 Å². The number of nitrogens with one attached hydrogen (secondary N) is 1. The number of carbonyl (C=O) groups excluding carboxylic acids is 1. The van der Waals surface area contributed by atoms with Crippen LogP contribution in [0.25, 0.3) is 0 Å². The minimum Gasteiger partial charge on any atom is -0.481 e. The van der Waals surface area contributed by atoms with Crippen LogP contribution in [0, 0.1) is 0 Å². The molecule has 0 spiro atoms. The zero-order chi connectivity index (χ0) is 12.7. The SMILES string of the molecule is C=CCCNC(=O)N1CCCCC1CC(=O)O. The number of carboxylic acid groups (broad SMARTS) is 1. The number of likely N-dealkylation sites (tertiary alicyclic amines) is 1. The highest BCUT2D eigenvalue weighted by molar-refractivity contribution is 5.76. The first-order valence-electron chi connectivity index (χ1n) is 6.02. The van der Waals surface area contributed by atoms with Gasteiger partial charge in [-0.2, -0.15) is 0 Å². The highest BCUT2D eigenvalue weighted by Gasteiger charge is 2.27. The van der Waals surface area contributed by atoms with Gasteiger partial charge in [-0.05, 0) is 25.7 Å². The van der Waals surface area contributed by atoms with Crippen molar-refractivity contribution in [3.05, 3.63) is 12.7 Å². The highest BCUT2D eigenvalue weighted by atomic mass is 16.4. The van der Waals surface area contributed by atoms with Crippen molar-refractivity contribution in [2.24, 2.45) is 0 Å². The fraction of sp³-hybridized carbons (Fsp3) is 0.667. The van der Waals surface area contributed by atoms with E-state index in [2.05, 4.69) is 11.9 Å². The standard InChI is InChI=1S/C12H20N2O3/c1-2-3-7-13-12(17)14-8-5-4-6-10(14)9-11(15)16/h2,10H,1,3-9H2,(H,13,17)(H,15,16). The zero-order valence-corrected chi connectivity index (χ0v) is 10.0. The summed E-state index contributed by atoms with van der Waals surface area (Å²) in [5.74, 6) is -0.846. The lowest BCUT2D eigenvalue weighted by molar-refractivity contribution is -0.138. The first-order valence-corrected chi connectivity index (χ1v) is 6.02. The maximum Gasteiger partial charge on any atom is 0.317 e. The van der Waals surface area contributed by atoms with Crippen LogP contribution in [0.4, 0.5) is 4.79 Å². The van der Waals surface area contributed by atoms with Gasteiger partial charge in [0.05, 0.1) is 6.42 Å². The number of carboxylic acids is 1. The molecule has 0 aromatic carbocycles. The Morgan fingerprint density at radius 1 is 1.47 bits per heavy atom. The van der Waals surface area contributed by atoms with E-state index in [1.165, 1.54) is 0 Å². The molecule has 0 aromatic heterocycles. The Morgan fingerprint density at radius 3 is 2.88 bits per heavy atom. The van der Waals surface area contributed by atoms with Gasteiger partial charge in [0.15, 0.2) is 0 Å². The molecule has 1 aliphatic rings. The van der Waals surface area contributed by atoms with Crippen LogP contribution < -0.4 is 5.32 Å². The molecular formula is C12H20N2O3. The van der Waals surface area contributed by atoms with E-state index in [0.29, 0.717) is 13.1 Å². The van der Waals surface area contributed by atoms with Gasteiger partial charge in [-0.3, -0.25) is 4.79 Å². The molecule has 5 heteroatoms. The first-order chi connectivity index (χ1) is 8.15. The Morgan fingerprint density at radius 2 is 2.24 bits per heavy atom. The number of piperidine rings is 1. The van der Waals surface area contributed by atoms with Gasteiger partial charge in [0.25, 0.3) is 0 Å². The van der Waals surface area contributed by atoms with E-state index < -0.39 is 5.97 Å². The summed E-state index contributed by atoms with van der Waals surface area (Å²) in [6.45, 7) is 4.79. The van der Waals surface area contributed by atoms with Crippen LogP contribution in [0.3, 0.4) is 0 Å². The molecule has 1 rings (SSSR count). The molecule has 17 heavy (non-hydrogen) atoms. The normalized spacial score (nSPS) is 19.8. The van der Waals surface area contributed by atoms with Crippen LogP contribution in [0.1, 0.15) is 32.1 Å². The zero-order valence-electron chi connectivity index (χ0n) is 10.0. The molecule has 0 bridgehead atoms. The van der Waals surface area contributed by atoms with Gasteiger partial charge in [-0.15, -0.1) is 6.58 Å². The minimum absolute atomic E-state index is 0.0366. The van der Waals surface area contributed by atoms with Gasteiger partial charge >= 0.3 is 12.0 Å². The second kappa shape index (κ2) is 6.93. The number of hydrogen-bond donors (Lipinski definition) is 2. The minimum atomic E-state index is -0.846. The third-order valence-corrected chi connectivity index (χ3v) is 2.92. The fourth-order valence-corrected chi connectivity index (χ4v) is 2.06. The molecule has 0 saturated carbocycles. The first kappa shape index (κ1) is 13.5. The lowest BCUT2D eigenvalue weighted by Gasteiger charge is -2.34. The van der Waals surface area contributed by atoms with Gasteiger partial charge in [0.2, 0.25) is 0 Å². The smallest absolute Gasteiger partial charge is 0.317 e. The molecule has 0 radical (unpaired) electrons. The predicted molar refractivity (Wildman–Crippen MR) is 64.8 cm³/mol. The summed E-state index contributed by atoms with van der Waals surface area (Å²) in [4.78, 5) is 24.2. The van der Waals surface area contributed by atoms with Crippen LogP contribution in [0.2, 0.25) is 0 Å². The molecule has 0 aromatic rings. The topological polar surface area (TPSA) is 69.6 Å². The highest BCUT2D eigenvalue weighted by Crippen LogP contribution is 2.19. The molecular weight excluding hydrogens is 220 g/mol. The number of rotatable bonds is 5. The van der Waals surface area contributed by atoms with E-state index in [0.717, 1.165) is 25.7 Å². The quantitative estimate of drug-likeness (QED) is 0.566. The van der Waals surface area contributed by atoms with Crippen molar-refractivity contribution in [1.82, 2.24) is 10.2 Å². The second-order valence-corrected chi connectivity index (χ2v) is 4.25. The number of nitrogens with zero attached hydrogens (tertiary/aromatic N) is 1. The maximum atomic E-state index is 11.9. The lowest BCUT2D eigenvalue weighted by atomic mass is 10.00. The van der Waals surface area contributed by atoms with E-state index in [1.54, 1.807) is 11.0 Å². The van der Waals surface area contributed by atoms with Crippen LogP contribution in [0.15, 0.2) is 12.7 Å². The Labute approximate surface area is 101 Å². The van der Waals surface area contributed by atoms with E-state index in [-0.39, 0.29) is 18.5 Å². The summed E-state index contributed by atoms with van der Waals surface area (Å²) in [5.41, 5.74) is 0. The van der Waals surface area contributed by atoms with Crippen molar-refractivity contribution in [1.29, 1.82) is 0 Å². The molecule has 1 saturated heterocycles. The average molecular weight is 240 g/mol. The third-order valence-electron chi connectivity index (χ3n) is 2.92. The van der Waals surface area contributed by atoms with E-state index >= 15 is 0 Å². The Hall–Kier alpha value is -1.52. The fourth-order valence-electron chi connectivity index (χ4n) is 2.06. The van der Waals surface area contributed by atoms with Gasteiger partial charge in [0.1, 0.15) is 0 Å². The summed E-state index contributed by atoms with van der Waals surface area (Å²) >= 11 is 0. The molecule has 96 valence electrons. The largest absolute Gasteiger partial charge is 0.481 e. The number of aliphatic carboxylic acids is 1. The van der Waals surface area contributed by atoms with E-state index in [4.69, 9.17) is 5.11 Å². The summed E-state index contributed by atoms with van der Waals surface area (Å²) in [6, 6.07) is -0.317. The average Bonchev–Trinajstić information content (AvgIpc) is 2.29. The van der Waals surface area contributed by atoms with Crippen LogP contribution in [0.5, 0.6) is 0 Å². The molecule has 2 amide bonds. The second-order valence-electron chi connectivity index (χ2n) is 4.25. The molecule has 5 nitrogen and oxygen atoms in total. The van der Waals surface area contributed by atoms with Crippen molar-refractivity contribution in [3.63, 3.8) is 0 Å². The molecule has 0 aliphatic carbocycles. The predicted octanol–water partition coefficient (Wildman–Crippen LogP) is 1.60. The number of urea groups is 1. The van der Waals surface area contributed by atoms with Gasteiger partial charge < -0.3 is 15.3 Å². The van der Waals surface area contributed by atoms with Crippen LogP contribution >= 0.6 is 0 Å². The molecule has 1 fully saturated rings. The summed E-state index contributed by atoms with van der Waals surface area (Å²) in [7, 11) is 0. The van der Waals surface area contributed by atoms with Gasteiger partial charge in [0, 0.05) is 19.1 Å². The Kier molecular flexibility index (Phi) is 5.52. The molecule has 1 unspecified atom stereocenters. The van der Waals surface area contributed by atoms with Crippen molar-refractivity contribution < 1.29 is 14.7 Å². The summed E-state index contributed by atoms with van der Waals surface area (Å²) < 4.78 is 0. The molecule has 1 heterocycles. The van der Waals surface area contributed by atoms with Crippen molar-refractivity contribution in [2.75, 3.05) is 13.1 Å². The Bertz CT molecular complexity index is 291. The number of hydrogen-bond acceptors (Lipinski definition) is 2. The number of carbonyl (C=O) groups is 2. The third kappa shape index (κ3) is 4.46. The van der Waals surface area contributed by atoms with Gasteiger partial charge in [-0.25, -0.2) is 4.79 Å². The van der Waals surface area contributed by atoms with Gasteiger partial charge in [-0.1, -0.05) is 6.08 Å². The summed E-state index contributed by atoms with van der Waals surface area (Å²) in [5, 5.41) is 11.6. The lowest BCUT2D eigenvalue weighted by Crippen LogP contribution is -2.49. The van der Waals surface area contributed by atoms with Crippen molar-refractivity contribution >= 4 is 12.0 Å². The van der Waals surface area contributed by atoms with E-state index in [9.17, 15) is 9.59 Å². The summed E-state index contributed by atoms with van der Waals surface area (Å²) in [6.07, 6.45) is 5.23. The molecule has 1 atom stereocenters. The van der Waals surface area contributed by atoms with E-state index in [1.807, 2.05) is 0 Å². The maximum absolute atomic E-state index is 11.9. The monoisotopic (exact) mass is 240 g/mol. The molecule has 1 aliphatic heterocycles. The van der Waals surface area contributed by atoms with Crippen LogP contribution in [-0.2, 0) is 4.79 Å². The van der Waals surface area contributed by atoms with Crippen LogP contribution in [-0.4, -0.2) is 41.1 Å². The number of amides is 2. The van der Waals surface area contributed by atoms with Crippen molar-refractivity contribution in [3.8, 4) is 0 Å². The Balaban J connectivity index is 2.48. The molecule has 2 N–H and O–H groups in total.